The summed E-state index contributed by atoms with van der Waals surface area (Å²) in [5.41, 5.74) is 5.40. The van der Waals surface area contributed by atoms with Crippen molar-refractivity contribution in [1.82, 2.24) is 20.4 Å². The summed E-state index contributed by atoms with van der Waals surface area (Å²) in [4.78, 5) is 25.3. The molecule has 9 nitrogen and oxygen atoms in total. The Bertz CT molecular complexity index is 1530. The fraction of sp³-hybridized carbons (Fsp3) is 0.0714. The fourth-order valence-electron chi connectivity index (χ4n) is 3.72. The lowest BCUT2D eigenvalue weighted by Gasteiger charge is -2.04. The van der Waals surface area contributed by atoms with Crippen LogP contribution in [0.15, 0.2) is 84.9 Å². The highest BCUT2D eigenvalue weighted by Crippen LogP contribution is 2.23. The molecular formula is C28H24N6O3. The Kier molecular flexibility index (Phi) is 6.50. The van der Waals surface area contributed by atoms with Crippen molar-refractivity contribution < 1.29 is 14.3 Å². The third-order valence-electron chi connectivity index (χ3n) is 5.81. The van der Waals surface area contributed by atoms with E-state index in [1.807, 2.05) is 55.5 Å². The Labute approximate surface area is 212 Å². The van der Waals surface area contributed by atoms with Crippen LogP contribution in [0.5, 0.6) is 5.75 Å². The molecule has 0 bridgehead atoms. The number of aromatic nitrogens is 4. The number of aryl methyl sites for hydroxylation is 1. The zero-order valence-electron chi connectivity index (χ0n) is 20.2. The van der Waals surface area contributed by atoms with Crippen molar-refractivity contribution in [3.05, 3.63) is 102 Å². The minimum atomic E-state index is -0.338. The van der Waals surface area contributed by atoms with Crippen LogP contribution in [0.2, 0.25) is 0 Å². The maximum atomic E-state index is 12.7. The van der Waals surface area contributed by atoms with Crippen LogP contribution < -0.4 is 15.4 Å². The highest BCUT2D eigenvalue weighted by atomic mass is 16.5. The molecule has 184 valence electrons. The smallest absolute Gasteiger partial charge is 0.256 e. The first-order chi connectivity index (χ1) is 18.0. The number of rotatable bonds is 7. The Balaban J connectivity index is 1.20. The number of H-pyrrole nitrogens is 2. The molecule has 0 fully saturated rings. The quantitative estimate of drug-likeness (QED) is 0.246. The number of methoxy groups -OCH3 is 1. The van der Waals surface area contributed by atoms with E-state index in [4.69, 9.17) is 4.74 Å². The molecule has 0 aliphatic carbocycles. The summed E-state index contributed by atoms with van der Waals surface area (Å²) < 4.78 is 5.17. The van der Waals surface area contributed by atoms with Crippen LogP contribution in [-0.2, 0) is 0 Å². The molecule has 0 atom stereocenters. The van der Waals surface area contributed by atoms with Gasteiger partial charge in [0.1, 0.15) is 5.75 Å². The number of hydrogen-bond acceptors (Lipinski definition) is 5. The van der Waals surface area contributed by atoms with Gasteiger partial charge in [0, 0.05) is 23.3 Å². The largest absolute Gasteiger partial charge is 0.497 e. The number of hydrogen-bond donors (Lipinski definition) is 4. The maximum Gasteiger partial charge on any atom is 0.256 e. The van der Waals surface area contributed by atoms with Gasteiger partial charge >= 0.3 is 0 Å². The summed E-state index contributed by atoms with van der Waals surface area (Å²) in [6, 6.07) is 25.4. The first-order valence-electron chi connectivity index (χ1n) is 11.5. The van der Waals surface area contributed by atoms with Crippen LogP contribution in [0.3, 0.4) is 0 Å². The van der Waals surface area contributed by atoms with Crippen molar-refractivity contribution in [2.45, 2.75) is 6.92 Å². The SMILES string of the molecule is COc1ccc(-c2cc(NC(=O)c3ccc(C(=O)Nc4cc(-c5ccc(C)cc5)[nH]n4)cc3)n[nH]2)cc1. The number of anilines is 2. The predicted molar refractivity (Wildman–Crippen MR) is 142 cm³/mol. The second-order valence-corrected chi connectivity index (χ2v) is 8.41. The summed E-state index contributed by atoms with van der Waals surface area (Å²) in [5, 5.41) is 19.7. The minimum Gasteiger partial charge on any atom is -0.497 e. The number of amides is 2. The van der Waals surface area contributed by atoms with Crippen LogP contribution >= 0.6 is 0 Å². The van der Waals surface area contributed by atoms with Gasteiger partial charge < -0.3 is 15.4 Å². The Morgan fingerprint density at radius 1 is 0.676 bits per heavy atom. The summed E-state index contributed by atoms with van der Waals surface area (Å²) in [6.07, 6.45) is 0. The van der Waals surface area contributed by atoms with Crippen LogP contribution in [0, 0.1) is 6.92 Å². The van der Waals surface area contributed by atoms with Gasteiger partial charge in [-0.15, -0.1) is 0 Å². The summed E-state index contributed by atoms with van der Waals surface area (Å²) in [7, 11) is 1.61. The summed E-state index contributed by atoms with van der Waals surface area (Å²) >= 11 is 0. The van der Waals surface area contributed by atoms with Crippen LogP contribution in [0.1, 0.15) is 26.3 Å². The van der Waals surface area contributed by atoms with E-state index in [1.54, 1.807) is 43.5 Å². The Morgan fingerprint density at radius 3 is 1.54 bits per heavy atom. The standard InChI is InChI=1S/C28H24N6O3/c1-17-3-5-18(6-4-17)23-15-25(33-31-23)29-27(35)20-7-9-21(10-8-20)28(36)30-26-16-24(32-34-26)19-11-13-22(37-2)14-12-19/h3-16H,1-2H3,(H2,29,31,33,35)(H2,30,32,34,36). The topological polar surface area (TPSA) is 125 Å². The number of nitrogens with zero attached hydrogens (tertiary/aromatic N) is 2. The molecule has 5 aromatic rings. The number of carbonyl (C=O) groups excluding carboxylic acids is 2. The molecule has 0 aliphatic rings. The van der Waals surface area contributed by atoms with Gasteiger partial charge in [-0.25, -0.2) is 0 Å². The molecule has 5 rings (SSSR count). The minimum absolute atomic E-state index is 0.328. The lowest BCUT2D eigenvalue weighted by molar-refractivity contribution is 0.101. The molecule has 4 N–H and O–H groups in total. The maximum absolute atomic E-state index is 12.7. The average molecular weight is 493 g/mol. The highest BCUT2D eigenvalue weighted by Gasteiger charge is 2.13. The van der Waals surface area contributed by atoms with Crippen molar-refractivity contribution in [2.75, 3.05) is 17.7 Å². The van der Waals surface area contributed by atoms with E-state index in [1.165, 1.54) is 0 Å². The lowest BCUT2D eigenvalue weighted by Crippen LogP contribution is -2.14. The molecule has 0 saturated heterocycles. The van der Waals surface area contributed by atoms with Crippen LogP contribution in [0.4, 0.5) is 11.6 Å². The van der Waals surface area contributed by atoms with E-state index in [-0.39, 0.29) is 11.8 Å². The third-order valence-corrected chi connectivity index (χ3v) is 5.81. The molecule has 37 heavy (non-hydrogen) atoms. The monoisotopic (exact) mass is 492 g/mol. The van der Waals surface area contributed by atoms with Gasteiger partial charge in [0.2, 0.25) is 0 Å². The van der Waals surface area contributed by atoms with Gasteiger partial charge in [-0.1, -0.05) is 29.8 Å². The second-order valence-electron chi connectivity index (χ2n) is 8.41. The molecule has 0 unspecified atom stereocenters. The van der Waals surface area contributed by atoms with Gasteiger partial charge in [0.25, 0.3) is 11.8 Å². The van der Waals surface area contributed by atoms with Gasteiger partial charge in [0.05, 0.1) is 18.5 Å². The van der Waals surface area contributed by atoms with Crippen LogP contribution in [0.25, 0.3) is 22.5 Å². The molecule has 3 aromatic carbocycles. The number of carbonyl (C=O) groups is 2. The molecule has 2 heterocycles. The average Bonchev–Trinajstić information content (AvgIpc) is 3.59. The molecule has 9 heteroatoms. The normalized spacial score (nSPS) is 10.6. The summed E-state index contributed by atoms with van der Waals surface area (Å²) in [5.74, 6) is 0.888. The molecule has 0 radical (unpaired) electrons. The van der Waals surface area contributed by atoms with Crippen molar-refractivity contribution in [2.24, 2.45) is 0 Å². The zero-order valence-corrected chi connectivity index (χ0v) is 20.2. The lowest BCUT2D eigenvalue weighted by atomic mass is 10.1. The van der Waals surface area contributed by atoms with E-state index in [9.17, 15) is 9.59 Å². The van der Waals surface area contributed by atoms with E-state index < -0.39 is 0 Å². The van der Waals surface area contributed by atoms with Crippen LogP contribution in [-0.4, -0.2) is 39.3 Å². The van der Waals surface area contributed by atoms with E-state index in [2.05, 4.69) is 31.0 Å². The predicted octanol–water partition coefficient (Wildman–Crippen LogP) is 5.29. The fourth-order valence-corrected chi connectivity index (χ4v) is 3.72. The number of aromatic amines is 2. The third kappa shape index (κ3) is 5.40. The first-order valence-corrected chi connectivity index (χ1v) is 11.5. The number of ether oxygens (including phenoxy) is 1. The second kappa shape index (κ2) is 10.2. The van der Waals surface area contributed by atoms with Gasteiger partial charge in [-0.2, -0.15) is 10.2 Å². The molecular weight excluding hydrogens is 468 g/mol. The number of benzene rings is 3. The molecule has 0 saturated carbocycles. The van der Waals surface area contributed by atoms with Crippen molar-refractivity contribution in [3.8, 4) is 28.3 Å². The van der Waals surface area contributed by atoms with E-state index in [0.29, 0.717) is 22.8 Å². The van der Waals surface area contributed by atoms with Gasteiger partial charge in [-0.3, -0.25) is 19.8 Å². The van der Waals surface area contributed by atoms with Gasteiger partial charge in [-0.05, 0) is 66.6 Å². The summed E-state index contributed by atoms with van der Waals surface area (Å²) in [6.45, 7) is 2.02. The van der Waals surface area contributed by atoms with Crippen molar-refractivity contribution in [3.63, 3.8) is 0 Å². The Hall–Kier alpha value is -5.18. The van der Waals surface area contributed by atoms with E-state index in [0.717, 1.165) is 33.8 Å². The number of nitrogens with one attached hydrogen (secondary N) is 4. The molecule has 2 aromatic heterocycles. The molecule has 0 aliphatic heterocycles. The van der Waals surface area contributed by atoms with Gasteiger partial charge in [0.15, 0.2) is 11.6 Å². The molecule has 2 amide bonds. The first kappa shape index (κ1) is 23.6. The molecule has 0 spiro atoms. The van der Waals surface area contributed by atoms with E-state index >= 15 is 0 Å². The van der Waals surface area contributed by atoms with Crippen molar-refractivity contribution in [1.29, 1.82) is 0 Å². The highest BCUT2D eigenvalue weighted by molar-refractivity contribution is 6.07. The Morgan fingerprint density at radius 2 is 1.11 bits per heavy atom. The zero-order chi connectivity index (χ0) is 25.8. The van der Waals surface area contributed by atoms with Crippen molar-refractivity contribution >= 4 is 23.5 Å².